The number of nitrogens with one attached hydrogen (secondary N) is 2. The monoisotopic (exact) mass is 353 g/mol. The molecule has 1 aromatic heterocycles. The fourth-order valence-corrected chi connectivity index (χ4v) is 3.83. The molecule has 2 unspecified atom stereocenters. The van der Waals surface area contributed by atoms with E-state index in [2.05, 4.69) is 44.9 Å². The van der Waals surface area contributed by atoms with Gasteiger partial charge in [-0.2, -0.15) is 0 Å². The van der Waals surface area contributed by atoms with Crippen LogP contribution in [0.25, 0.3) is 0 Å². The summed E-state index contributed by atoms with van der Waals surface area (Å²) in [4.78, 5) is 10.5. The van der Waals surface area contributed by atoms with Gasteiger partial charge in [0.05, 0.1) is 0 Å². The number of anilines is 1. The fourth-order valence-electron chi connectivity index (χ4n) is 3.83. The Morgan fingerprint density at radius 2 is 2.19 bits per heavy atom. The predicted molar refractivity (Wildman–Crippen MR) is 102 cm³/mol. The molecule has 1 aliphatic carbocycles. The van der Waals surface area contributed by atoms with Crippen LogP contribution in [0.3, 0.4) is 0 Å². The van der Waals surface area contributed by atoms with Gasteiger partial charge >= 0.3 is 0 Å². The third kappa shape index (κ3) is 3.36. The maximum atomic E-state index is 13.9. The normalized spacial score (nSPS) is 21.9. The minimum Gasteiger partial charge on any atom is -0.356 e. The molecule has 136 valence electrons. The van der Waals surface area contributed by atoms with Crippen molar-refractivity contribution in [2.75, 3.05) is 31.6 Å². The van der Waals surface area contributed by atoms with E-state index in [1.807, 2.05) is 4.90 Å². The SMILES string of the molecule is CN=C(NCC1Cc2ccccc21)NC1CCN(c2ncccc2F)C1. The Hall–Kier alpha value is -2.63. The first-order valence-electron chi connectivity index (χ1n) is 9.15. The van der Waals surface area contributed by atoms with Crippen molar-refractivity contribution in [2.45, 2.75) is 24.8 Å². The maximum absolute atomic E-state index is 13.9. The van der Waals surface area contributed by atoms with E-state index in [1.54, 1.807) is 19.3 Å². The number of aromatic nitrogens is 1. The lowest BCUT2D eigenvalue weighted by Crippen LogP contribution is -2.46. The lowest BCUT2D eigenvalue weighted by molar-refractivity contribution is 0.573. The average Bonchev–Trinajstić information content (AvgIpc) is 3.10. The second-order valence-corrected chi connectivity index (χ2v) is 6.94. The van der Waals surface area contributed by atoms with Crippen molar-refractivity contribution < 1.29 is 4.39 Å². The van der Waals surface area contributed by atoms with Crippen LogP contribution in [-0.2, 0) is 6.42 Å². The largest absolute Gasteiger partial charge is 0.356 e. The number of guanidine groups is 1. The van der Waals surface area contributed by atoms with Crippen LogP contribution in [0.4, 0.5) is 10.2 Å². The first kappa shape index (κ1) is 16.8. The van der Waals surface area contributed by atoms with Crippen LogP contribution < -0.4 is 15.5 Å². The minimum atomic E-state index is -0.265. The summed E-state index contributed by atoms with van der Waals surface area (Å²) in [7, 11) is 1.79. The Morgan fingerprint density at radius 3 is 3.00 bits per heavy atom. The number of benzene rings is 1. The zero-order chi connectivity index (χ0) is 17.9. The summed E-state index contributed by atoms with van der Waals surface area (Å²) >= 11 is 0. The summed E-state index contributed by atoms with van der Waals surface area (Å²) in [5.41, 5.74) is 2.89. The fraction of sp³-hybridized carbons (Fsp3) is 0.400. The molecule has 1 aliphatic heterocycles. The number of aliphatic imine (C=N–C) groups is 1. The zero-order valence-electron chi connectivity index (χ0n) is 15.0. The average molecular weight is 353 g/mol. The third-order valence-electron chi connectivity index (χ3n) is 5.27. The van der Waals surface area contributed by atoms with Gasteiger partial charge in [-0.1, -0.05) is 24.3 Å². The van der Waals surface area contributed by atoms with Gasteiger partial charge in [0, 0.05) is 44.8 Å². The zero-order valence-corrected chi connectivity index (χ0v) is 15.0. The van der Waals surface area contributed by atoms with Gasteiger partial charge in [0.1, 0.15) is 0 Å². The number of hydrogen-bond donors (Lipinski definition) is 2. The topological polar surface area (TPSA) is 52.6 Å². The predicted octanol–water partition coefficient (Wildman–Crippen LogP) is 2.30. The summed E-state index contributed by atoms with van der Waals surface area (Å²) in [6, 6.07) is 11.9. The van der Waals surface area contributed by atoms with E-state index in [1.165, 1.54) is 17.2 Å². The lowest BCUT2D eigenvalue weighted by atomic mass is 9.78. The second-order valence-electron chi connectivity index (χ2n) is 6.94. The van der Waals surface area contributed by atoms with Crippen LogP contribution in [0.1, 0.15) is 23.5 Å². The van der Waals surface area contributed by atoms with Crippen molar-refractivity contribution in [3.8, 4) is 0 Å². The number of fused-ring (bicyclic) bond motifs is 1. The van der Waals surface area contributed by atoms with Gasteiger partial charge in [0.15, 0.2) is 17.6 Å². The van der Waals surface area contributed by atoms with Crippen molar-refractivity contribution >= 4 is 11.8 Å². The number of pyridine rings is 1. The summed E-state index contributed by atoms with van der Waals surface area (Å²) in [6.45, 7) is 2.39. The quantitative estimate of drug-likeness (QED) is 0.654. The Kier molecular flexibility index (Phi) is 4.73. The smallest absolute Gasteiger partial charge is 0.191 e. The van der Waals surface area contributed by atoms with Crippen molar-refractivity contribution in [1.29, 1.82) is 0 Å². The maximum Gasteiger partial charge on any atom is 0.191 e. The molecule has 0 bridgehead atoms. The van der Waals surface area contributed by atoms with Crippen LogP contribution >= 0.6 is 0 Å². The molecule has 1 aromatic carbocycles. The molecular formula is C20H24FN5. The molecule has 1 saturated heterocycles. The summed E-state index contributed by atoms with van der Waals surface area (Å²) < 4.78 is 13.9. The number of halogens is 1. The Labute approximate surface area is 153 Å². The van der Waals surface area contributed by atoms with Gasteiger partial charge in [0.2, 0.25) is 0 Å². The van der Waals surface area contributed by atoms with E-state index in [4.69, 9.17) is 0 Å². The number of rotatable bonds is 4. The third-order valence-corrected chi connectivity index (χ3v) is 5.27. The molecule has 0 spiro atoms. The van der Waals surface area contributed by atoms with E-state index < -0.39 is 0 Å². The van der Waals surface area contributed by atoms with Gasteiger partial charge in [-0.3, -0.25) is 4.99 Å². The number of hydrogen-bond acceptors (Lipinski definition) is 3. The summed E-state index contributed by atoms with van der Waals surface area (Å²) in [5, 5.41) is 6.90. The Balaban J connectivity index is 1.29. The molecule has 2 atom stereocenters. The van der Waals surface area contributed by atoms with E-state index in [-0.39, 0.29) is 11.9 Å². The summed E-state index contributed by atoms with van der Waals surface area (Å²) in [6.07, 6.45) is 3.69. The van der Waals surface area contributed by atoms with Crippen molar-refractivity contribution in [1.82, 2.24) is 15.6 Å². The Morgan fingerprint density at radius 1 is 1.31 bits per heavy atom. The molecule has 2 aromatic rings. The molecule has 2 N–H and O–H groups in total. The molecule has 5 nitrogen and oxygen atoms in total. The van der Waals surface area contributed by atoms with Crippen LogP contribution in [0.5, 0.6) is 0 Å². The molecule has 26 heavy (non-hydrogen) atoms. The van der Waals surface area contributed by atoms with Crippen molar-refractivity contribution in [3.63, 3.8) is 0 Å². The van der Waals surface area contributed by atoms with E-state index in [0.29, 0.717) is 11.7 Å². The van der Waals surface area contributed by atoms with Gasteiger partial charge in [-0.15, -0.1) is 0 Å². The molecule has 0 amide bonds. The summed E-state index contributed by atoms with van der Waals surface area (Å²) in [5.74, 6) is 1.53. The molecule has 6 heteroatoms. The van der Waals surface area contributed by atoms with E-state index in [0.717, 1.165) is 38.4 Å². The highest BCUT2D eigenvalue weighted by Crippen LogP contribution is 2.33. The van der Waals surface area contributed by atoms with Gasteiger partial charge in [-0.25, -0.2) is 9.37 Å². The van der Waals surface area contributed by atoms with Crippen LogP contribution in [-0.4, -0.2) is 43.7 Å². The molecule has 2 heterocycles. The van der Waals surface area contributed by atoms with Crippen molar-refractivity contribution in [3.05, 3.63) is 59.5 Å². The van der Waals surface area contributed by atoms with Crippen LogP contribution in [0, 0.1) is 5.82 Å². The lowest BCUT2D eigenvalue weighted by Gasteiger charge is -2.31. The Bertz CT molecular complexity index is 806. The van der Waals surface area contributed by atoms with E-state index in [9.17, 15) is 4.39 Å². The standard InChI is InChI=1S/C20H24FN5/c1-22-20(24-12-15-11-14-5-2-3-6-17(14)15)25-16-8-10-26(13-16)19-18(21)7-4-9-23-19/h2-7,9,15-16H,8,10-13H2,1H3,(H2,22,24,25). The molecular weight excluding hydrogens is 329 g/mol. The van der Waals surface area contributed by atoms with Gasteiger partial charge in [-0.05, 0) is 36.1 Å². The van der Waals surface area contributed by atoms with Crippen LogP contribution in [0.2, 0.25) is 0 Å². The van der Waals surface area contributed by atoms with Gasteiger partial charge < -0.3 is 15.5 Å². The highest BCUT2D eigenvalue weighted by Gasteiger charge is 2.27. The molecule has 1 fully saturated rings. The van der Waals surface area contributed by atoms with Gasteiger partial charge in [0.25, 0.3) is 0 Å². The molecule has 0 saturated carbocycles. The first-order chi connectivity index (χ1) is 12.7. The highest BCUT2D eigenvalue weighted by atomic mass is 19.1. The minimum absolute atomic E-state index is 0.233. The van der Waals surface area contributed by atoms with Crippen LogP contribution in [0.15, 0.2) is 47.6 Å². The highest BCUT2D eigenvalue weighted by molar-refractivity contribution is 5.80. The first-order valence-corrected chi connectivity index (χ1v) is 9.15. The van der Waals surface area contributed by atoms with E-state index >= 15 is 0 Å². The number of nitrogens with zero attached hydrogens (tertiary/aromatic N) is 3. The molecule has 2 aliphatic rings. The molecule has 0 radical (unpaired) electrons. The second kappa shape index (κ2) is 7.32. The van der Waals surface area contributed by atoms with Crippen molar-refractivity contribution in [2.24, 2.45) is 4.99 Å². The molecule has 4 rings (SSSR count).